The average Bonchev–Trinajstić information content (AvgIpc) is 3.81. The Morgan fingerprint density at radius 1 is 0.735 bits per heavy atom. The van der Waals surface area contributed by atoms with Gasteiger partial charge in [-0.1, -0.05) is 5.16 Å². The number of aliphatic imine (C=N–C) groups is 1. The third-order valence-corrected chi connectivity index (χ3v) is 8.68. The monoisotopic (exact) mass is 671 g/mol. The highest BCUT2D eigenvalue weighted by Crippen LogP contribution is 2.42. The molecule has 0 radical (unpaired) electrons. The van der Waals surface area contributed by atoms with Gasteiger partial charge in [0.1, 0.15) is 5.69 Å². The Kier molecular flexibility index (Phi) is 10.4. The van der Waals surface area contributed by atoms with Crippen molar-refractivity contribution in [1.82, 2.24) is 10.1 Å². The maximum Gasteiger partial charge on any atom is 0.256 e. The first-order valence-corrected chi connectivity index (χ1v) is 16.3. The van der Waals surface area contributed by atoms with Crippen LogP contribution in [0.1, 0.15) is 42.5 Å². The third kappa shape index (κ3) is 7.08. The zero-order valence-corrected chi connectivity index (χ0v) is 28.4. The molecule has 0 spiro atoms. The highest BCUT2D eigenvalue weighted by Gasteiger charge is 2.32. The Balaban J connectivity index is 1.04. The first-order chi connectivity index (χ1) is 24.0. The van der Waals surface area contributed by atoms with E-state index in [1.54, 1.807) is 47.7 Å². The fraction of sp³-hybridized carbons (Fsp3) is 0.378. The minimum atomic E-state index is -0.0107. The van der Waals surface area contributed by atoms with Gasteiger partial charge < -0.3 is 42.6 Å². The molecule has 2 aliphatic rings. The lowest BCUT2D eigenvalue weighted by Crippen LogP contribution is -2.35. The van der Waals surface area contributed by atoms with Crippen LogP contribution >= 0.6 is 0 Å². The lowest BCUT2D eigenvalue weighted by atomic mass is 10.1. The predicted octanol–water partition coefficient (Wildman–Crippen LogP) is 7.00. The van der Waals surface area contributed by atoms with Crippen LogP contribution in [0.2, 0.25) is 0 Å². The van der Waals surface area contributed by atoms with E-state index in [0.29, 0.717) is 76.2 Å². The van der Waals surface area contributed by atoms with Crippen molar-refractivity contribution in [2.75, 3.05) is 55.3 Å². The van der Waals surface area contributed by atoms with Crippen LogP contribution in [-0.2, 0) is 0 Å². The van der Waals surface area contributed by atoms with Gasteiger partial charge in [-0.2, -0.15) is 0 Å². The van der Waals surface area contributed by atoms with Gasteiger partial charge in [0.25, 0.3) is 5.91 Å². The molecule has 2 aliphatic heterocycles. The van der Waals surface area contributed by atoms with Crippen molar-refractivity contribution in [3.63, 3.8) is 0 Å². The molecule has 0 unspecified atom stereocenters. The minimum absolute atomic E-state index is 0.0107. The van der Waals surface area contributed by atoms with Crippen molar-refractivity contribution in [3.05, 3.63) is 54.1 Å². The van der Waals surface area contributed by atoms with Crippen molar-refractivity contribution in [2.45, 2.75) is 38.1 Å². The van der Waals surface area contributed by atoms with Crippen LogP contribution in [-0.4, -0.2) is 83.5 Å². The summed E-state index contributed by atoms with van der Waals surface area (Å²) in [6, 6.07) is 14.7. The number of carbonyl (C=O) groups excluding carboxylic acids is 1. The highest BCUT2D eigenvalue weighted by molar-refractivity contribution is 6.03. The number of methoxy groups -OCH3 is 5. The van der Waals surface area contributed by atoms with Gasteiger partial charge >= 0.3 is 0 Å². The normalized spacial score (nSPS) is 14.9. The molecule has 0 N–H and O–H groups in total. The molecular formula is C37H41N3O9. The smallest absolute Gasteiger partial charge is 0.256 e. The van der Waals surface area contributed by atoms with Gasteiger partial charge in [-0.25, -0.2) is 0 Å². The summed E-state index contributed by atoms with van der Waals surface area (Å²) in [5.41, 5.74) is 3.34. The molecule has 1 fully saturated rings. The molecule has 3 heterocycles. The molecule has 0 aliphatic carbocycles. The van der Waals surface area contributed by atoms with Crippen LogP contribution in [0.15, 0.2) is 58.0 Å². The number of unbranched alkanes of at least 4 members (excludes halogenated alkanes) is 2. The van der Waals surface area contributed by atoms with E-state index in [1.807, 2.05) is 47.5 Å². The van der Waals surface area contributed by atoms with Crippen LogP contribution < -0.4 is 33.2 Å². The molecule has 12 nitrogen and oxygen atoms in total. The summed E-state index contributed by atoms with van der Waals surface area (Å²) in [5, 5.41) is 4.29. The second-order valence-electron chi connectivity index (χ2n) is 11.6. The van der Waals surface area contributed by atoms with Crippen LogP contribution in [0.4, 0.5) is 5.69 Å². The summed E-state index contributed by atoms with van der Waals surface area (Å²) in [6.45, 7) is 1.73. The first-order valence-electron chi connectivity index (χ1n) is 16.3. The molecule has 12 heteroatoms. The molecule has 4 aromatic rings. The second-order valence-corrected chi connectivity index (χ2v) is 11.6. The number of rotatable bonds is 15. The van der Waals surface area contributed by atoms with Gasteiger partial charge in [-0.15, -0.1) is 0 Å². The van der Waals surface area contributed by atoms with Gasteiger partial charge in [0.15, 0.2) is 40.3 Å². The molecular weight excluding hydrogens is 630 g/mol. The summed E-state index contributed by atoms with van der Waals surface area (Å²) < 4.78 is 45.4. The van der Waals surface area contributed by atoms with Crippen molar-refractivity contribution < 1.29 is 42.5 Å². The van der Waals surface area contributed by atoms with Crippen LogP contribution in [0, 0.1) is 0 Å². The molecule has 1 saturated heterocycles. The van der Waals surface area contributed by atoms with E-state index in [1.165, 1.54) is 0 Å². The molecule has 1 aromatic heterocycles. The molecule has 3 aromatic carbocycles. The van der Waals surface area contributed by atoms with Gasteiger partial charge in [0, 0.05) is 36.0 Å². The standard InChI is InChI=1S/C37H41N3O9/c1-42-29-12-11-23(27-20-30(49-39-27)24-17-34(44-3)36(46-5)35(18-24)45-4)16-32(29)47-14-7-6-8-15-48-33-21-28-26(19-31(33)43-2)37(41)40-13-9-10-25(40)22-38-28/h11-12,16-22,25H,6-10,13-15H2,1-5H3/t25-/m0/s1. The van der Waals surface area contributed by atoms with E-state index >= 15 is 0 Å². The van der Waals surface area contributed by atoms with Crippen molar-refractivity contribution >= 4 is 17.8 Å². The van der Waals surface area contributed by atoms with Crippen molar-refractivity contribution in [3.8, 4) is 62.8 Å². The molecule has 0 saturated carbocycles. The SMILES string of the molecule is COc1ccc(-c2cc(-c3cc(OC)c(OC)c(OC)c3)on2)cc1OCCCCCOc1cc2c(cc1OC)C(=O)N1CCC[C@H]1C=N2. The van der Waals surface area contributed by atoms with Gasteiger partial charge in [0.2, 0.25) is 5.75 Å². The minimum Gasteiger partial charge on any atom is -0.493 e. The number of benzene rings is 3. The number of amides is 1. The lowest BCUT2D eigenvalue weighted by Gasteiger charge is -2.20. The summed E-state index contributed by atoms with van der Waals surface area (Å²) in [7, 11) is 7.88. The fourth-order valence-corrected chi connectivity index (χ4v) is 6.08. The third-order valence-electron chi connectivity index (χ3n) is 8.68. The van der Waals surface area contributed by atoms with Gasteiger partial charge in [-0.3, -0.25) is 9.79 Å². The summed E-state index contributed by atoms with van der Waals surface area (Å²) in [6.07, 6.45) is 6.29. The number of hydrogen-bond donors (Lipinski definition) is 0. The quantitative estimate of drug-likeness (QED) is 0.122. The number of aromatic nitrogens is 1. The van der Waals surface area contributed by atoms with E-state index in [2.05, 4.69) is 10.1 Å². The molecule has 49 heavy (non-hydrogen) atoms. The molecule has 6 rings (SSSR count). The summed E-state index contributed by atoms with van der Waals surface area (Å²) in [4.78, 5) is 19.6. The van der Waals surface area contributed by atoms with Crippen LogP contribution in [0.25, 0.3) is 22.6 Å². The maximum atomic E-state index is 13.1. The average molecular weight is 672 g/mol. The lowest BCUT2D eigenvalue weighted by molar-refractivity contribution is 0.0774. The Bertz CT molecular complexity index is 1790. The van der Waals surface area contributed by atoms with Crippen LogP contribution in [0.5, 0.6) is 40.2 Å². The number of carbonyl (C=O) groups is 1. The molecule has 1 atom stereocenters. The zero-order valence-electron chi connectivity index (χ0n) is 28.4. The maximum absolute atomic E-state index is 13.1. The number of nitrogens with zero attached hydrogens (tertiary/aromatic N) is 3. The van der Waals surface area contributed by atoms with E-state index in [-0.39, 0.29) is 11.9 Å². The van der Waals surface area contributed by atoms with E-state index in [0.717, 1.165) is 49.8 Å². The van der Waals surface area contributed by atoms with E-state index in [9.17, 15) is 4.79 Å². The van der Waals surface area contributed by atoms with E-state index < -0.39 is 0 Å². The van der Waals surface area contributed by atoms with Crippen molar-refractivity contribution in [2.24, 2.45) is 4.99 Å². The van der Waals surface area contributed by atoms with Crippen molar-refractivity contribution in [1.29, 1.82) is 0 Å². The van der Waals surface area contributed by atoms with E-state index in [4.69, 9.17) is 37.7 Å². The topological polar surface area (TPSA) is 123 Å². The van der Waals surface area contributed by atoms with Gasteiger partial charge in [-0.05, 0) is 68.5 Å². The summed E-state index contributed by atoms with van der Waals surface area (Å²) in [5.74, 6) is 4.40. The Morgan fingerprint density at radius 3 is 2.08 bits per heavy atom. The van der Waals surface area contributed by atoms with Crippen LogP contribution in [0.3, 0.4) is 0 Å². The molecule has 1 amide bonds. The second kappa shape index (κ2) is 15.2. The Morgan fingerprint density at radius 2 is 1.41 bits per heavy atom. The highest BCUT2D eigenvalue weighted by atomic mass is 16.5. The Labute approximate surface area is 285 Å². The number of hydrogen-bond acceptors (Lipinski definition) is 11. The Hall–Kier alpha value is -5.39. The predicted molar refractivity (Wildman–Crippen MR) is 184 cm³/mol. The largest absolute Gasteiger partial charge is 0.493 e. The fourth-order valence-electron chi connectivity index (χ4n) is 6.08. The molecule has 258 valence electrons. The van der Waals surface area contributed by atoms with Gasteiger partial charge in [0.05, 0.1) is 66.1 Å². The number of fused-ring (bicyclic) bond motifs is 2. The molecule has 0 bridgehead atoms. The first kappa shape index (κ1) is 33.5. The zero-order chi connectivity index (χ0) is 34.3. The number of ether oxygens (including phenoxy) is 7. The summed E-state index contributed by atoms with van der Waals surface area (Å²) >= 11 is 0.